The number of aliphatic hydroxyl groups excluding tert-OH is 3. The average molecular weight is 494 g/mol. The Hall–Kier alpha value is -3.52. The standard InChI is InChI=1S/C22H31N5O8/c1-10(29)17(23)21(33)25-15(7-12-8-24-14-6-4-3-5-13(12)14)19(31)26-16(9-28)20(32)27-18(11(2)30)22(34)35/h3-6,8,10-11,15-18,24,28-30H,7,9,23H2,1-2H3,(H,25,33)(H,26,31)(H,27,32)(H,34,35). The number of carbonyl (C=O) groups excluding carboxylic acids is 3. The highest BCUT2D eigenvalue weighted by atomic mass is 16.4. The molecule has 0 aliphatic heterocycles. The van der Waals surface area contributed by atoms with Crippen LogP contribution in [0, 0.1) is 0 Å². The number of hydrogen-bond acceptors (Lipinski definition) is 8. The van der Waals surface area contributed by atoms with Crippen LogP contribution in [0.2, 0.25) is 0 Å². The van der Waals surface area contributed by atoms with Crippen LogP contribution in [0.5, 0.6) is 0 Å². The zero-order chi connectivity index (χ0) is 26.3. The van der Waals surface area contributed by atoms with Gasteiger partial charge >= 0.3 is 5.97 Å². The van der Waals surface area contributed by atoms with Crippen molar-refractivity contribution in [3.8, 4) is 0 Å². The number of aliphatic hydroxyl groups is 3. The fourth-order valence-electron chi connectivity index (χ4n) is 3.33. The van der Waals surface area contributed by atoms with Gasteiger partial charge in [-0.25, -0.2) is 4.79 Å². The Bertz CT molecular complexity index is 1050. The molecule has 35 heavy (non-hydrogen) atoms. The van der Waals surface area contributed by atoms with E-state index in [-0.39, 0.29) is 6.42 Å². The molecular formula is C22H31N5O8. The lowest BCUT2D eigenvalue weighted by Crippen LogP contribution is -2.60. The molecule has 13 heteroatoms. The largest absolute Gasteiger partial charge is 0.480 e. The van der Waals surface area contributed by atoms with Gasteiger partial charge in [0.1, 0.15) is 18.1 Å². The molecule has 0 aliphatic carbocycles. The summed E-state index contributed by atoms with van der Waals surface area (Å²) in [5.74, 6) is -4.23. The molecule has 13 nitrogen and oxygen atoms in total. The number of benzene rings is 1. The van der Waals surface area contributed by atoms with Crippen LogP contribution in [-0.4, -0.2) is 92.1 Å². The zero-order valence-electron chi connectivity index (χ0n) is 19.3. The van der Waals surface area contributed by atoms with Crippen molar-refractivity contribution in [2.75, 3.05) is 6.61 Å². The van der Waals surface area contributed by atoms with E-state index in [0.717, 1.165) is 17.8 Å². The lowest BCUT2D eigenvalue weighted by molar-refractivity contribution is -0.145. The van der Waals surface area contributed by atoms with Crippen molar-refractivity contribution >= 4 is 34.6 Å². The second-order valence-electron chi connectivity index (χ2n) is 8.20. The minimum absolute atomic E-state index is 0.0285. The number of rotatable bonds is 12. The number of amides is 3. The summed E-state index contributed by atoms with van der Waals surface area (Å²) < 4.78 is 0. The van der Waals surface area contributed by atoms with E-state index < -0.39 is 66.7 Å². The van der Waals surface area contributed by atoms with Gasteiger partial charge in [-0.3, -0.25) is 14.4 Å². The first-order valence-electron chi connectivity index (χ1n) is 10.9. The van der Waals surface area contributed by atoms with Crippen molar-refractivity contribution in [3.05, 3.63) is 36.0 Å². The van der Waals surface area contributed by atoms with Crippen LogP contribution in [0.4, 0.5) is 0 Å². The number of aliphatic carboxylic acids is 1. The number of hydrogen-bond donors (Lipinski definition) is 9. The number of nitrogens with two attached hydrogens (primary N) is 1. The lowest BCUT2D eigenvalue weighted by Gasteiger charge is -2.25. The molecule has 0 saturated heterocycles. The van der Waals surface area contributed by atoms with Gasteiger partial charge in [-0.05, 0) is 25.5 Å². The van der Waals surface area contributed by atoms with E-state index >= 15 is 0 Å². The highest BCUT2D eigenvalue weighted by Gasteiger charge is 2.32. The van der Waals surface area contributed by atoms with Crippen LogP contribution in [0.1, 0.15) is 19.4 Å². The van der Waals surface area contributed by atoms with E-state index in [1.165, 1.54) is 6.92 Å². The normalized spacial score (nSPS) is 16.4. The zero-order valence-corrected chi connectivity index (χ0v) is 19.3. The summed E-state index contributed by atoms with van der Waals surface area (Å²) >= 11 is 0. The maximum absolute atomic E-state index is 13.1. The second kappa shape index (κ2) is 12.3. The van der Waals surface area contributed by atoms with Crippen molar-refractivity contribution in [3.63, 3.8) is 0 Å². The Morgan fingerprint density at radius 2 is 1.54 bits per heavy atom. The van der Waals surface area contributed by atoms with E-state index in [9.17, 15) is 34.5 Å². The molecule has 10 N–H and O–H groups in total. The minimum Gasteiger partial charge on any atom is -0.480 e. The third kappa shape index (κ3) is 7.23. The number of aromatic nitrogens is 1. The van der Waals surface area contributed by atoms with Gasteiger partial charge in [0.15, 0.2) is 6.04 Å². The number of carboxylic acid groups (broad SMARTS) is 1. The summed E-state index contributed by atoms with van der Waals surface area (Å²) in [5, 5.41) is 45.5. The Morgan fingerprint density at radius 3 is 2.11 bits per heavy atom. The summed E-state index contributed by atoms with van der Waals surface area (Å²) in [5.41, 5.74) is 7.13. The number of para-hydroxylation sites is 1. The summed E-state index contributed by atoms with van der Waals surface area (Å²) in [6.45, 7) is 1.58. The molecule has 192 valence electrons. The summed E-state index contributed by atoms with van der Waals surface area (Å²) in [4.78, 5) is 52.3. The van der Waals surface area contributed by atoms with E-state index in [1.54, 1.807) is 12.3 Å². The van der Waals surface area contributed by atoms with Gasteiger partial charge in [0.25, 0.3) is 0 Å². The predicted molar refractivity (Wildman–Crippen MR) is 124 cm³/mol. The second-order valence-corrected chi connectivity index (χ2v) is 8.20. The Morgan fingerprint density at radius 1 is 0.943 bits per heavy atom. The van der Waals surface area contributed by atoms with Crippen LogP contribution in [0.3, 0.4) is 0 Å². The lowest BCUT2D eigenvalue weighted by atomic mass is 10.0. The molecule has 1 aromatic carbocycles. The van der Waals surface area contributed by atoms with E-state index in [0.29, 0.717) is 5.56 Å². The molecule has 2 aromatic rings. The molecule has 6 atom stereocenters. The number of carbonyl (C=O) groups is 4. The maximum Gasteiger partial charge on any atom is 0.328 e. The molecule has 3 amide bonds. The minimum atomic E-state index is -1.67. The molecule has 0 spiro atoms. The summed E-state index contributed by atoms with van der Waals surface area (Å²) in [6.07, 6.45) is -1.01. The van der Waals surface area contributed by atoms with Crippen molar-refractivity contribution < 1.29 is 39.6 Å². The molecule has 2 rings (SSSR count). The average Bonchev–Trinajstić information content (AvgIpc) is 3.21. The van der Waals surface area contributed by atoms with Crippen LogP contribution >= 0.6 is 0 Å². The van der Waals surface area contributed by atoms with E-state index in [4.69, 9.17) is 10.8 Å². The number of carboxylic acids is 1. The smallest absolute Gasteiger partial charge is 0.328 e. The molecule has 0 bridgehead atoms. The fourth-order valence-corrected chi connectivity index (χ4v) is 3.33. The van der Waals surface area contributed by atoms with E-state index in [1.807, 2.05) is 23.5 Å². The third-order valence-electron chi connectivity index (χ3n) is 5.42. The summed E-state index contributed by atoms with van der Waals surface area (Å²) in [7, 11) is 0. The van der Waals surface area contributed by atoms with Gasteiger partial charge in [-0.15, -0.1) is 0 Å². The molecular weight excluding hydrogens is 462 g/mol. The molecule has 0 fully saturated rings. The van der Waals surface area contributed by atoms with Gasteiger partial charge < -0.3 is 47.1 Å². The molecule has 1 heterocycles. The van der Waals surface area contributed by atoms with Gasteiger partial charge in [0.2, 0.25) is 17.7 Å². The summed E-state index contributed by atoms with van der Waals surface area (Å²) in [6, 6.07) is 1.42. The molecule has 0 saturated carbocycles. The Balaban J connectivity index is 2.25. The van der Waals surface area contributed by atoms with Crippen molar-refractivity contribution in [2.45, 2.75) is 56.6 Å². The highest BCUT2D eigenvalue weighted by Crippen LogP contribution is 2.19. The van der Waals surface area contributed by atoms with Crippen molar-refractivity contribution in [1.82, 2.24) is 20.9 Å². The monoisotopic (exact) mass is 493 g/mol. The van der Waals surface area contributed by atoms with Gasteiger partial charge in [0, 0.05) is 23.5 Å². The molecule has 0 aliphatic rings. The molecule has 6 unspecified atom stereocenters. The van der Waals surface area contributed by atoms with Gasteiger partial charge in [-0.1, -0.05) is 18.2 Å². The first-order valence-corrected chi connectivity index (χ1v) is 10.9. The number of H-pyrrole nitrogens is 1. The molecule has 0 radical (unpaired) electrons. The quantitative estimate of drug-likeness (QED) is 0.150. The number of nitrogens with one attached hydrogen (secondary N) is 4. The van der Waals surface area contributed by atoms with Gasteiger partial charge in [-0.2, -0.15) is 0 Å². The van der Waals surface area contributed by atoms with Crippen molar-refractivity contribution in [1.29, 1.82) is 0 Å². The highest BCUT2D eigenvalue weighted by molar-refractivity contribution is 5.95. The van der Waals surface area contributed by atoms with Crippen LogP contribution in [0.25, 0.3) is 10.9 Å². The van der Waals surface area contributed by atoms with Crippen LogP contribution in [0.15, 0.2) is 30.5 Å². The topological polar surface area (TPSA) is 227 Å². The van der Waals surface area contributed by atoms with Crippen molar-refractivity contribution in [2.24, 2.45) is 5.73 Å². The number of fused-ring (bicyclic) bond motifs is 1. The van der Waals surface area contributed by atoms with E-state index in [2.05, 4.69) is 15.6 Å². The molecule has 1 aromatic heterocycles. The Labute approximate surface area is 200 Å². The van der Waals surface area contributed by atoms with Crippen LogP contribution < -0.4 is 21.7 Å². The number of aromatic amines is 1. The van der Waals surface area contributed by atoms with Crippen LogP contribution in [-0.2, 0) is 25.6 Å². The first-order chi connectivity index (χ1) is 16.5. The maximum atomic E-state index is 13.1. The third-order valence-corrected chi connectivity index (χ3v) is 5.42. The SMILES string of the molecule is CC(O)C(N)C(=O)NC(Cc1c[nH]c2ccccc12)C(=O)NC(CO)C(=O)NC(C(=O)O)C(C)O. The fraction of sp³-hybridized carbons (Fsp3) is 0.455. The Kier molecular flexibility index (Phi) is 9.71. The predicted octanol–water partition coefficient (Wildman–Crippen LogP) is -2.67. The first kappa shape index (κ1) is 27.7. The van der Waals surface area contributed by atoms with Gasteiger partial charge in [0.05, 0.1) is 18.8 Å².